The Morgan fingerprint density at radius 3 is 2.61 bits per heavy atom. The topological polar surface area (TPSA) is 68.7 Å². The molecule has 1 heterocycles. The maximum absolute atomic E-state index is 12.8. The minimum Gasteiger partial charge on any atom is -0.495 e. The summed E-state index contributed by atoms with van der Waals surface area (Å²) in [7, 11) is 1.50. The largest absolute Gasteiger partial charge is 0.495 e. The van der Waals surface area contributed by atoms with Crippen LogP contribution >= 0.6 is 11.3 Å². The highest BCUT2D eigenvalue weighted by Crippen LogP contribution is 2.35. The summed E-state index contributed by atoms with van der Waals surface area (Å²) >= 11 is 1.19. The van der Waals surface area contributed by atoms with Crippen molar-refractivity contribution in [3.05, 3.63) is 76.8 Å². The zero-order chi connectivity index (χ0) is 24.0. The quantitative estimate of drug-likeness (QED) is 0.327. The Bertz CT molecular complexity index is 1170. The van der Waals surface area contributed by atoms with Gasteiger partial charge >= 0.3 is 12.1 Å². The van der Waals surface area contributed by atoms with Crippen LogP contribution in [0.1, 0.15) is 23.7 Å². The molecule has 3 aromatic rings. The van der Waals surface area contributed by atoms with Gasteiger partial charge in [-0.05, 0) is 35.9 Å². The number of hydrogen-bond acceptors (Lipinski definition) is 6. The highest BCUT2D eigenvalue weighted by Gasteiger charge is 2.30. The van der Waals surface area contributed by atoms with Crippen LogP contribution in [0.15, 0.2) is 60.0 Å². The van der Waals surface area contributed by atoms with E-state index in [0.717, 1.165) is 18.2 Å². The van der Waals surface area contributed by atoms with E-state index in [2.05, 4.69) is 4.98 Å². The van der Waals surface area contributed by atoms with Gasteiger partial charge in [-0.15, -0.1) is 11.3 Å². The molecule has 1 amide bonds. The molecule has 2 aromatic carbocycles. The Morgan fingerprint density at radius 1 is 1.15 bits per heavy atom. The Hall–Kier alpha value is -3.66. The molecular weight excluding hydrogens is 457 g/mol. The Labute approximate surface area is 191 Å². The lowest BCUT2D eigenvalue weighted by Crippen LogP contribution is -2.23. The van der Waals surface area contributed by atoms with E-state index < -0.39 is 17.7 Å². The van der Waals surface area contributed by atoms with Crippen LogP contribution in [0.4, 0.5) is 24.0 Å². The molecule has 1 aromatic heterocycles. The number of halogens is 3. The number of anilines is 2. The third kappa shape index (κ3) is 6.19. The molecule has 10 heteroatoms. The summed E-state index contributed by atoms with van der Waals surface area (Å²) in [6.45, 7) is 1.23. The summed E-state index contributed by atoms with van der Waals surface area (Å²) in [5.74, 6) is -0.521. The van der Waals surface area contributed by atoms with Gasteiger partial charge < -0.3 is 9.47 Å². The average molecular weight is 476 g/mol. The summed E-state index contributed by atoms with van der Waals surface area (Å²) in [4.78, 5) is 30.0. The lowest BCUT2D eigenvalue weighted by molar-refractivity contribution is -0.139. The normalized spacial score (nSPS) is 11.4. The predicted molar refractivity (Wildman–Crippen MR) is 118 cm³/mol. The van der Waals surface area contributed by atoms with Crippen LogP contribution < -0.4 is 9.64 Å². The molecule has 0 aliphatic rings. The van der Waals surface area contributed by atoms with Gasteiger partial charge in [-0.3, -0.25) is 9.69 Å². The number of rotatable bonds is 7. The second-order valence-electron chi connectivity index (χ2n) is 6.71. The number of carbonyl (C=O) groups excluding carboxylic acids is 2. The molecule has 0 aliphatic heterocycles. The van der Waals surface area contributed by atoms with E-state index in [0.29, 0.717) is 22.3 Å². The van der Waals surface area contributed by atoms with Crippen LogP contribution in [0.25, 0.3) is 6.08 Å². The molecule has 33 heavy (non-hydrogen) atoms. The van der Waals surface area contributed by atoms with E-state index in [9.17, 15) is 22.8 Å². The van der Waals surface area contributed by atoms with Gasteiger partial charge in [0.2, 0.25) is 5.91 Å². The first kappa shape index (κ1) is 24.0. The van der Waals surface area contributed by atoms with Crippen LogP contribution in [0.5, 0.6) is 5.75 Å². The molecule has 0 radical (unpaired) electrons. The molecule has 172 valence electrons. The Morgan fingerprint density at radius 2 is 1.91 bits per heavy atom. The van der Waals surface area contributed by atoms with Crippen LogP contribution in [0.3, 0.4) is 0 Å². The SMILES string of the molecule is COc1ccccc1N(C(C)=O)c1nc(COC(=O)/C=C/c2cccc(C(F)(F)F)c2)cs1. The lowest BCUT2D eigenvalue weighted by atomic mass is 10.1. The molecular formula is C23H19F3N2O4S. The van der Waals surface area contributed by atoms with E-state index >= 15 is 0 Å². The molecule has 0 saturated carbocycles. The summed E-state index contributed by atoms with van der Waals surface area (Å²) < 4.78 is 48.8. The van der Waals surface area contributed by atoms with Crippen molar-refractivity contribution >= 4 is 40.1 Å². The van der Waals surface area contributed by atoms with Gasteiger partial charge in [-0.2, -0.15) is 13.2 Å². The second-order valence-corrected chi connectivity index (χ2v) is 7.55. The van der Waals surface area contributed by atoms with Crippen molar-refractivity contribution in [2.24, 2.45) is 0 Å². The van der Waals surface area contributed by atoms with E-state index in [1.807, 2.05) is 0 Å². The first-order valence-corrected chi connectivity index (χ1v) is 10.5. The van der Waals surface area contributed by atoms with Crippen molar-refractivity contribution in [3.63, 3.8) is 0 Å². The summed E-state index contributed by atoms with van der Waals surface area (Å²) in [5, 5.41) is 2.02. The minimum atomic E-state index is -4.47. The first-order valence-electron chi connectivity index (χ1n) is 9.59. The number of carbonyl (C=O) groups is 2. The molecule has 0 fully saturated rings. The van der Waals surface area contributed by atoms with Gasteiger partial charge in [0.05, 0.1) is 24.1 Å². The fourth-order valence-corrected chi connectivity index (χ4v) is 3.73. The molecule has 6 nitrogen and oxygen atoms in total. The highest BCUT2D eigenvalue weighted by molar-refractivity contribution is 7.14. The average Bonchev–Trinajstić information content (AvgIpc) is 3.24. The van der Waals surface area contributed by atoms with Crippen LogP contribution in [0.2, 0.25) is 0 Å². The molecule has 0 N–H and O–H groups in total. The van der Waals surface area contributed by atoms with Crippen molar-refractivity contribution in [3.8, 4) is 5.75 Å². The molecule has 3 rings (SSSR count). The molecule has 0 atom stereocenters. The number of amides is 1. The molecule has 0 spiro atoms. The van der Waals surface area contributed by atoms with Crippen molar-refractivity contribution in [1.29, 1.82) is 0 Å². The van der Waals surface area contributed by atoms with Crippen LogP contribution in [-0.2, 0) is 27.1 Å². The number of thiazole rings is 1. The van der Waals surface area contributed by atoms with Crippen molar-refractivity contribution < 1.29 is 32.2 Å². The molecule has 0 aliphatic carbocycles. The van der Waals surface area contributed by atoms with Gasteiger partial charge in [0.1, 0.15) is 12.4 Å². The van der Waals surface area contributed by atoms with Gasteiger partial charge in [0.15, 0.2) is 5.13 Å². The number of aromatic nitrogens is 1. The van der Waals surface area contributed by atoms with Crippen LogP contribution in [0, 0.1) is 0 Å². The Balaban J connectivity index is 1.66. The smallest absolute Gasteiger partial charge is 0.416 e. The summed E-state index contributed by atoms with van der Waals surface area (Å²) in [5.41, 5.74) is 0.344. The number of benzene rings is 2. The molecule has 0 saturated heterocycles. The monoisotopic (exact) mass is 476 g/mol. The van der Waals surface area contributed by atoms with Crippen molar-refractivity contribution in [1.82, 2.24) is 4.98 Å². The maximum atomic E-state index is 12.8. The number of hydrogen-bond donors (Lipinski definition) is 0. The van der Waals surface area contributed by atoms with Crippen molar-refractivity contribution in [2.45, 2.75) is 19.7 Å². The second kappa shape index (κ2) is 10.3. The number of ether oxygens (including phenoxy) is 2. The van der Waals surface area contributed by atoms with E-state index in [1.165, 1.54) is 48.5 Å². The fraction of sp³-hybridized carbons (Fsp3) is 0.174. The van der Waals surface area contributed by atoms with E-state index in [-0.39, 0.29) is 18.1 Å². The van der Waals surface area contributed by atoms with Gasteiger partial charge in [0.25, 0.3) is 0 Å². The standard InChI is InChI=1S/C23H19F3N2O4S/c1-15(29)28(19-8-3-4-9-20(19)31-2)22-27-18(14-33-22)13-32-21(30)11-10-16-6-5-7-17(12-16)23(24,25)26/h3-12,14H,13H2,1-2H3/b11-10+. The third-order valence-corrected chi connectivity index (χ3v) is 5.23. The van der Waals surface area contributed by atoms with Crippen LogP contribution in [-0.4, -0.2) is 24.0 Å². The molecule has 0 unspecified atom stereocenters. The Kier molecular flexibility index (Phi) is 7.49. The maximum Gasteiger partial charge on any atom is 0.416 e. The van der Waals surface area contributed by atoms with E-state index in [1.54, 1.807) is 29.6 Å². The summed E-state index contributed by atoms with van der Waals surface area (Å²) in [6.07, 6.45) is -2.19. The van der Waals surface area contributed by atoms with Gasteiger partial charge in [0, 0.05) is 18.4 Å². The zero-order valence-electron chi connectivity index (χ0n) is 17.6. The van der Waals surface area contributed by atoms with Gasteiger partial charge in [-0.1, -0.05) is 24.3 Å². The number of alkyl halides is 3. The predicted octanol–water partition coefficient (Wildman–Crippen LogP) is 5.61. The first-order chi connectivity index (χ1) is 15.7. The van der Waals surface area contributed by atoms with Gasteiger partial charge in [-0.25, -0.2) is 9.78 Å². The lowest BCUT2D eigenvalue weighted by Gasteiger charge is -2.20. The van der Waals surface area contributed by atoms with E-state index in [4.69, 9.17) is 9.47 Å². The fourth-order valence-electron chi connectivity index (χ4n) is 2.86. The number of para-hydroxylation sites is 2. The highest BCUT2D eigenvalue weighted by atomic mass is 32.1. The number of esters is 1. The van der Waals surface area contributed by atoms with Crippen molar-refractivity contribution in [2.75, 3.05) is 12.0 Å². The number of nitrogens with zero attached hydrogens (tertiary/aromatic N) is 2. The minimum absolute atomic E-state index is 0.167. The summed E-state index contributed by atoms with van der Waals surface area (Å²) in [6, 6.07) is 11.6. The third-order valence-electron chi connectivity index (χ3n) is 4.36. The number of methoxy groups -OCH3 is 1. The zero-order valence-corrected chi connectivity index (χ0v) is 18.4. The molecule has 0 bridgehead atoms.